The largest absolute Gasteiger partial charge is 0.351 e. The van der Waals surface area contributed by atoms with Crippen molar-refractivity contribution in [1.29, 1.82) is 0 Å². The number of carbonyl (C=O) groups is 2. The lowest BCUT2D eigenvalue weighted by Gasteiger charge is -2.44. The third-order valence-electron chi connectivity index (χ3n) is 7.30. The fraction of sp³-hybridized carbons (Fsp3) is 0.481. The minimum atomic E-state index is -1.01. The molecule has 0 saturated heterocycles. The number of benzene rings is 1. The lowest BCUT2D eigenvalue weighted by molar-refractivity contribution is -0.127. The summed E-state index contributed by atoms with van der Waals surface area (Å²) in [7, 11) is 0. The van der Waals surface area contributed by atoms with Gasteiger partial charge >= 0.3 is 0 Å². The number of nitrogens with zero attached hydrogens (tertiary/aromatic N) is 2. The van der Waals surface area contributed by atoms with Gasteiger partial charge in [0.1, 0.15) is 11.2 Å². The van der Waals surface area contributed by atoms with Crippen LogP contribution in [0, 0.1) is 13.8 Å². The number of anilines is 1. The predicted octanol–water partition coefficient (Wildman–Crippen LogP) is 5.97. The summed E-state index contributed by atoms with van der Waals surface area (Å²) in [6.45, 7) is 6.45. The van der Waals surface area contributed by atoms with Gasteiger partial charge in [0.15, 0.2) is 0 Å². The van der Waals surface area contributed by atoms with Crippen molar-refractivity contribution in [1.82, 2.24) is 9.88 Å². The summed E-state index contributed by atoms with van der Waals surface area (Å²) in [6, 6.07) is 10.3. The Balaban J connectivity index is 1.57. The van der Waals surface area contributed by atoms with Gasteiger partial charge in [-0.05, 0) is 74.4 Å². The number of hydrogen-bond acceptors (Lipinski definition) is 3. The molecule has 1 atom stereocenters. The maximum Gasteiger partial charge on any atom is 0.275 e. The SMILES string of the molecule is Cc1cc(C)cc(N2C(=O)c3cc4sccc4n3C[C@]2(C)C(=O)NC2CCCCCCC2)c1. The lowest BCUT2D eigenvalue weighted by atomic mass is 9.91. The van der Waals surface area contributed by atoms with Crippen LogP contribution in [0.25, 0.3) is 10.2 Å². The number of hydrogen-bond donors (Lipinski definition) is 1. The highest BCUT2D eigenvalue weighted by Crippen LogP contribution is 2.38. The Morgan fingerprint density at radius 2 is 1.70 bits per heavy atom. The van der Waals surface area contributed by atoms with Gasteiger partial charge in [-0.15, -0.1) is 11.3 Å². The molecule has 6 heteroatoms. The Hall–Kier alpha value is -2.60. The van der Waals surface area contributed by atoms with Crippen LogP contribution < -0.4 is 10.2 Å². The molecule has 5 nitrogen and oxygen atoms in total. The van der Waals surface area contributed by atoms with E-state index in [-0.39, 0.29) is 17.9 Å². The number of fused-ring (bicyclic) bond motifs is 3. The van der Waals surface area contributed by atoms with Crippen LogP contribution in [0.2, 0.25) is 0 Å². The molecule has 2 amide bonds. The Labute approximate surface area is 199 Å². The van der Waals surface area contributed by atoms with Crippen LogP contribution >= 0.6 is 11.3 Å². The van der Waals surface area contributed by atoms with Gasteiger partial charge in [0.2, 0.25) is 5.91 Å². The van der Waals surface area contributed by atoms with Gasteiger partial charge < -0.3 is 9.88 Å². The molecule has 1 saturated carbocycles. The summed E-state index contributed by atoms with van der Waals surface area (Å²) in [5.41, 5.74) is 3.65. The third kappa shape index (κ3) is 3.99. The van der Waals surface area contributed by atoms with E-state index in [0.717, 1.165) is 52.7 Å². The quantitative estimate of drug-likeness (QED) is 0.520. The van der Waals surface area contributed by atoms with E-state index in [1.54, 1.807) is 16.2 Å². The predicted molar refractivity (Wildman–Crippen MR) is 135 cm³/mol. The van der Waals surface area contributed by atoms with Crippen LogP contribution in [0.5, 0.6) is 0 Å². The summed E-state index contributed by atoms with van der Waals surface area (Å²) < 4.78 is 3.13. The fourth-order valence-electron chi connectivity index (χ4n) is 5.64. The highest BCUT2D eigenvalue weighted by Gasteiger charge is 2.49. The zero-order chi connectivity index (χ0) is 23.2. The zero-order valence-electron chi connectivity index (χ0n) is 19.8. The highest BCUT2D eigenvalue weighted by atomic mass is 32.1. The van der Waals surface area contributed by atoms with Crippen molar-refractivity contribution in [3.05, 3.63) is 52.5 Å². The number of aromatic nitrogens is 1. The van der Waals surface area contributed by atoms with Crippen molar-refractivity contribution in [3.63, 3.8) is 0 Å². The zero-order valence-corrected chi connectivity index (χ0v) is 20.6. The van der Waals surface area contributed by atoms with E-state index in [0.29, 0.717) is 12.2 Å². The minimum Gasteiger partial charge on any atom is -0.351 e. The lowest BCUT2D eigenvalue weighted by Crippen LogP contribution is -2.65. The first kappa shape index (κ1) is 22.2. The first-order valence-corrected chi connectivity index (χ1v) is 13.1. The molecule has 33 heavy (non-hydrogen) atoms. The van der Waals surface area contributed by atoms with Crippen molar-refractivity contribution < 1.29 is 9.59 Å². The van der Waals surface area contributed by atoms with Crippen LogP contribution in [0.3, 0.4) is 0 Å². The van der Waals surface area contributed by atoms with Crippen LogP contribution in [-0.2, 0) is 11.3 Å². The molecule has 0 spiro atoms. The molecular weight excluding hydrogens is 430 g/mol. The molecule has 2 aliphatic rings. The normalized spacial score (nSPS) is 22.2. The number of rotatable bonds is 3. The number of carbonyl (C=O) groups excluding carboxylic acids is 2. The average molecular weight is 464 g/mol. The number of nitrogens with one attached hydrogen (secondary N) is 1. The Morgan fingerprint density at radius 1 is 1.03 bits per heavy atom. The Morgan fingerprint density at radius 3 is 2.39 bits per heavy atom. The topological polar surface area (TPSA) is 54.3 Å². The van der Waals surface area contributed by atoms with Crippen LogP contribution in [0.15, 0.2) is 35.7 Å². The van der Waals surface area contributed by atoms with Crippen molar-refractivity contribution in [3.8, 4) is 0 Å². The molecule has 1 aromatic carbocycles. The second-order valence-corrected chi connectivity index (χ2v) is 11.0. The summed E-state index contributed by atoms with van der Waals surface area (Å²) in [5.74, 6) is -0.159. The van der Waals surface area contributed by atoms with Gasteiger partial charge in [0, 0.05) is 11.7 Å². The Kier molecular flexibility index (Phi) is 5.81. The molecule has 5 rings (SSSR count). The van der Waals surface area contributed by atoms with E-state index in [9.17, 15) is 9.59 Å². The summed E-state index contributed by atoms with van der Waals surface area (Å²) in [4.78, 5) is 29.7. The van der Waals surface area contributed by atoms with Crippen molar-refractivity contribution in [2.75, 3.05) is 4.90 Å². The monoisotopic (exact) mass is 463 g/mol. The van der Waals surface area contributed by atoms with Crippen LogP contribution in [-0.4, -0.2) is 28.0 Å². The fourth-order valence-corrected chi connectivity index (χ4v) is 6.46. The van der Waals surface area contributed by atoms with Crippen LogP contribution in [0.1, 0.15) is 73.5 Å². The van der Waals surface area contributed by atoms with Gasteiger partial charge in [-0.25, -0.2) is 0 Å². The molecule has 1 aliphatic heterocycles. The maximum absolute atomic E-state index is 14.0. The molecule has 3 heterocycles. The summed E-state index contributed by atoms with van der Waals surface area (Å²) in [5, 5.41) is 5.41. The van der Waals surface area contributed by atoms with Gasteiger partial charge in [0.25, 0.3) is 5.91 Å². The first-order valence-electron chi connectivity index (χ1n) is 12.2. The molecule has 1 aliphatic carbocycles. The highest BCUT2D eigenvalue weighted by molar-refractivity contribution is 7.17. The molecule has 0 bridgehead atoms. The first-order chi connectivity index (χ1) is 15.9. The molecule has 2 aromatic heterocycles. The Bertz CT molecular complexity index is 1180. The average Bonchev–Trinajstić information content (AvgIpc) is 3.31. The molecule has 3 aromatic rings. The number of aryl methyl sites for hydroxylation is 2. The van der Waals surface area contributed by atoms with Gasteiger partial charge in [-0.1, -0.05) is 38.2 Å². The molecule has 1 N–H and O–H groups in total. The van der Waals surface area contributed by atoms with E-state index in [2.05, 4.69) is 17.4 Å². The summed E-state index contributed by atoms with van der Waals surface area (Å²) >= 11 is 1.63. The van der Waals surface area contributed by atoms with E-state index in [1.807, 2.05) is 48.9 Å². The molecule has 174 valence electrons. The van der Waals surface area contributed by atoms with Crippen molar-refractivity contribution in [2.24, 2.45) is 0 Å². The maximum atomic E-state index is 14.0. The third-order valence-corrected chi connectivity index (χ3v) is 8.15. The molecule has 0 radical (unpaired) electrons. The number of amides is 2. The van der Waals surface area contributed by atoms with Gasteiger partial charge in [-0.2, -0.15) is 0 Å². The molecule has 0 unspecified atom stereocenters. The molecule has 1 fully saturated rings. The van der Waals surface area contributed by atoms with Crippen molar-refractivity contribution in [2.45, 2.75) is 83.8 Å². The summed E-state index contributed by atoms with van der Waals surface area (Å²) in [6.07, 6.45) is 8.10. The van der Waals surface area contributed by atoms with E-state index < -0.39 is 5.54 Å². The second kappa shape index (κ2) is 8.64. The molecular formula is C27H33N3O2S. The second-order valence-electron chi connectivity index (χ2n) is 10.1. The van der Waals surface area contributed by atoms with Crippen molar-refractivity contribution >= 4 is 39.1 Å². The smallest absolute Gasteiger partial charge is 0.275 e. The minimum absolute atomic E-state index is 0.0525. The van der Waals surface area contributed by atoms with E-state index in [4.69, 9.17) is 0 Å². The van der Waals surface area contributed by atoms with Gasteiger partial charge in [0.05, 0.1) is 16.8 Å². The standard InChI is InChI=1S/C27H33N3O2S/c1-18-13-19(2)15-21(14-18)30-25(31)23-16-24-22(11-12-33-24)29(23)17-27(30,3)26(32)28-20-9-7-5-4-6-8-10-20/h11-16,20H,4-10,17H2,1-3H3,(H,28,32)/t27-/m1/s1. The number of thiophene rings is 1. The van der Waals surface area contributed by atoms with E-state index in [1.165, 1.54) is 19.3 Å². The van der Waals surface area contributed by atoms with E-state index >= 15 is 0 Å². The van der Waals surface area contributed by atoms with Gasteiger partial charge in [-0.3, -0.25) is 14.5 Å². The van der Waals surface area contributed by atoms with Crippen LogP contribution in [0.4, 0.5) is 5.69 Å².